The lowest BCUT2D eigenvalue weighted by Gasteiger charge is -2.12. The molecule has 2 heterocycles. The molecule has 0 unspecified atom stereocenters. The molecule has 0 atom stereocenters. The fourth-order valence-corrected chi connectivity index (χ4v) is 2.15. The maximum Gasteiger partial charge on any atom is 0.434 e. The lowest BCUT2D eigenvalue weighted by Crippen LogP contribution is -2.19. The molecule has 9 heteroatoms. The Morgan fingerprint density at radius 2 is 2.00 bits per heavy atom. The zero-order valence-electron chi connectivity index (χ0n) is 11.7. The molecule has 0 aromatic carbocycles. The summed E-state index contributed by atoms with van der Waals surface area (Å²) in [5.41, 5.74) is -1.92. The predicted octanol–water partition coefficient (Wildman–Crippen LogP) is 2.23. The van der Waals surface area contributed by atoms with Crippen LogP contribution in [0.4, 0.5) is 13.2 Å². The summed E-state index contributed by atoms with van der Waals surface area (Å²) >= 11 is 0. The van der Waals surface area contributed by atoms with Crippen LogP contribution < -0.4 is 0 Å². The summed E-state index contributed by atoms with van der Waals surface area (Å²) in [6.07, 6.45) is -1.60. The number of alkyl halides is 3. The van der Waals surface area contributed by atoms with Crippen molar-refractivity contribution in [3.8, 4) is 5.82 Å². The smallest absolute Gasteiger partial charge is 0.299 e. The van der Waals surface area contributed by atoms with Gasteiger partial charge in [0.15, 0.2) is 17.3 Å². The maximum absolute atomic E-state index is 13.2. The number of carbonyl (C=O) groups excluding carboxylic acids is 2. The van der Waals surface area contributed by atoms with Gasteiger partial charge in [0.25, 0.3) is 0 Å². The molecular formula is C14H11F3N4O2. The van der Waals surface area contributed by atoms with Crippen molar-refractivity contribution in [2.75, 3.05) is 0 Å². The lowest BCUT2D eigenvalue weighted by molar-refractivity contribution is -0.141. The zero-order chi connectivity index (χ0) is 16.6. The molecule has 1 saturated carbocycles. The van der Waals surface area contributed by atoms with Crippen molar-refractivity contribution in [2.45, 2.75) is 25.4 Å². The summed E-state index contributed by atoms with van der Waals surface area (Å²) < 4.78 is 40.6. The van der Waals surface area contributed by atoms with Crippen molar-refractivity contribution >= 4 is 11.6 Å². The summed E-state index contributed by atoms with van der Waals surface area (Å²) in [6, 6.07) is 2.26. The van der Waals surface area contributed by atoms with Crippen LogP contribution in [-0.4, -0.2) is 31.3 Å². The van der Waals surface area contributed by atoms with E-state index in [2.05, 4.69) is 15.1 Å². The molecular weight excluding hydrogens is 313 g/mol. The van der Waals surface area contributed by atoms with Crippen LogP contribution in [0.5, 0.6) is 0 Å². The molecule has 0 radical (unpaired) electrons. The highest BCUT2D eigenvalue weighted by molar-refractivity contribution is 6.09. The number of Topliss-reactive ketones (excluding diaryl/α,β-unsaturated/α-hetero) is 2. The van der Waals surface area contributed by atoms with E-state index in [0.717, 1.165) is 17.1 Å². The van der Waals surface area contributed by atoms with Crippen LogP contribution in [0.1, 0.15) is 35.3 Å². The van der Waals surface area contributed by atoms with Gasteiger partial charge >= 0.3 is 6.18 Å². The van der Waals surface area contributed by atoms with Crippen molar-refractivity contribution in [3.05, 3.63) is 36.0 Å². The number of pyridine rings is 1. The van der Waals surface area contributed by atoms with E-state index >= 15 is 0 Å². The molecule has 2 aromatic rings. The second kappa shape index (κ2) is 5.56. The summed E-state index contributed by atoms with van der Waals surface area (Å²) in [4.78, 5) is 30.8. The van der Waals surface area contributed by atoms with Crippen LogP contribution in [0.15, 0.2) is 24.8 Å². The lowest BCUT2D eigenvalue weighted by atomic mass is 10.0. The number of nitrogens with zero attached hydrogens (tertiary/aromatic N) is 4. The first-order valence-corrected chi connectivity index (χ1v) is 6.85. The Hall–Kier alpha value is -2.58. The first-order chi connectivity index (χ1) is 10.9. The maximum atomic E-state index is 13.2. The van der Waals surface area contributed by atoms with Gasteiger partial charge in [-0.15, -0.1) is 0 Å². The number of hydrogen-bond acceptors (Lipinski definition) is 5. The topological polar surface area (TPSA) is 77.7 Å². The molecule has 3 rings (SSSR count). The highest BCUT2D eigenvalue weighted by atomic mass is 19.4. The van der Waals surface area contributed by atoms with Gasteiger partial charge in [0.05, 0.1) is 6.42 Å². The van der Waals surface area contributed by atoms with Crippen molar-refractivity contribution in [1.82, 2.24) is 19.7 Å². The van der Waals surface area contributed by atoms with Gasteiger partial charge in [-0.05, 0) is 25.0 Å². The standard InChI is InChI=1S/C14H11F3N4O2/c15-14(16,17)13-9(11(23)5-10(22)8-1-2-8)3-4-12(20-13)21-7-18-6-19-21/h3-4,6-8H,1-2,5H2. The molecule has 23 heavy (non-hydrogen) atoms. The highest BCUT2D eigenvalue weighted by Crippen LogP contribution is 2.34. The van der Waals surface area contributed by atoms with Crippen LogP contribution in [0, 0.1) is 5.92 Å². The van der Waals surface area contributed by atoms with Gasteiger partial charge in [0, 0.05) is 11.5 Å². The molecule has 1 fully saturated rings. The molecule has 0 N–H and O–H groups in total. The van der Waals surface area contributed by atoms with Crippen LogP contribution in [0.25, 0.3) is 5.82 Å². The molecule has 0 bridgehead atoms. The van der Waals surface area contributed by atoms with E-state index in [1.54, 1.807) is 0 Å². The predicted molar refractivity (Wildman–Crippen MR) is 70.8 cm³/mol. The third kappa shape index (κ3) is 3.27. The molecule has 0 aliphatic heterocycles. The first-order valence-electron chi connectivity index (χ1n) is 6.85. The van der Waals surface area contributed by atoms with Gasteiger partial charge in [-0.3, -0.25) is 9.59 Å². The van der Waals surface area contributed by atoms with Gasteiger partial charge in [0.2, 0.25) is 0 Å². The molecule has 0 amide bonds. The van der Waals surface area contributed by atoms with Crippen molar-refractivity contribution in [3.63, 3.8) is 0 Å². The second-order valence-corrected chi connectivity index (χ2v) is 5.24. The summed E-state index contributed by atoms with van der Waals surface area (Å²) in [6.45, 7) is 0. The van der Waals surface area contributed by atoms with Crippen LogP contribution in [0.3, 0.4) is 0 Å². The number of ketones is 2. The fourth-order valence-electron chi connectivity index (χ4n) is 2.15. The zero-order valence-corrected chi connectivity index (χ0v) is 11.7. The van der Waals surface area contributed by atoms with Gasteiger partial charge < -0.3 is 0 Å². The van der Waals surface area contributed by atoms with E-state index in [1.165, 1.54) is 12.4 Å². The van der Waals surface area contributed by atoms with E-state index in [-0.39, 0.29) is 17.5 Å². The minimum Gasteiger partial charge on any atom is -0.299 e. The molecule has 6 nitrogen and oxygen atoms in total. The number of halogens is 3. The van der Waals surface area contributed by atoms with E-state index < -0.39 is 29.6 Å². The van der Waals surface area contributed by atoms with Crippen molar-refractivity contribution < 1.29 is 22.8 Å². The largest absolute Gasteiger partial charge is 0.434 e. The Morgan fingerprint density at radius 3 is 2.57 bits per heavy atom. The first kappa shape index (κ1) is 15.3. The van der Waals surface area contributed by atoms with E-state index in [9.17, 15) is 22.8 Å². The Kier molecular flexibility index (Phi) is 3.70. The minimum absolute atomic E-state index is 0.111. The Morgan fingerprint density at radius 1 is 1.26 bits per heavy atom. The number of carbonyl (C=O) groups is 2. The molecule has 2 aromatic heterocycles. The highest BCUT2D eigenvalue weighted by Gasteiger charge is 2.39. The summed E-state index contributed by atoms with van der Waals surface area (Å²) in [5, 5.41) is 3.70. The van der Waals surface area contributed by atoms with Crippen LogP contribution >= 0.6 is 0 Å². The second-order valence-electron chi connectivity index (χ2n) is 5.24. The fraction of sp³-hybridized carbons (Fsp3) is 0.357. The minimum atomic E-state index is -4.82. The van der Waals surface area contributed by atoms with E-state index in [0.29, 0.717) is 12.8 Å². The Labute approximate surface area is 128 Å². The quantitative estimate of drug-likeness (QED) is 0.622. The van der Waals surface area contributed by atoms with Gasteiger partial charge in [-0.2, -0.15) is 18.3 Å². The average molecular weight is 324 g/mol. The van der Waals surface area contributed by atoms with Gasteiger partial charge in [-0.25, -0.2) is 14.6 Å². The molecule has 0 spiro atoms. The van der Waals surface area contributed by atoms with Gasteiger partial charge in [-0.1, -0.05) is 0 Å². The Bertz CT molecular complexity index is 752. The monoisotopic (exact) mass is 324 g/mol. The summed E-state index contributed by atoms with van der Waals surface area (Å²) in [7, 11) is 0. The Balaban J connectivity index is 1.95. The number of hydrogen-bond donors (Lipinski definition) is 0. The number of aromatic nitrogens is 4. The van der Waals surface area contributed by atoms with Crippen molar-refractivity contribution in [1.29, 1.82) is 0 Å². The molecule has 1 aliphatic rings. The molecule has 0 saturated heterocycles. The average Bonchev–Trinajstić information content (AvgIpc) is 3.21. The summed E-state index contributed by atoms with van der Waals surface area (Å²) in [5.74, 6) is -1.48. The normalized spacial score (nSPS) is 14.7. The van der Waals surface area contributed by atoms with Gasteiger partial charge in [0.1, 0.15) is 18.4 Å². The van der Waals surface area contributed by atoms with E-state index in [4.69, 9.17) is 0 Å². The third-order valence-corrected chi connectivity index (χ3v) is 3.47. The third-order valence-electron chi connectivity index (χ3n) is 3.47. The van der Waals surface area contributed by atoms with Crippen molar-refractivity contribution in [2.24, 2.45) is 5.92 Å². The SMILES string of the molecule is O=C(CC(=O)C1CC1)c1ccc(-n2cncn2)nc1C(F)(F)F. The number of rotatable bonds is 5. The van der Waals surface area contributed by atoms with Crippen LogP contribution in [-0.2, 0) is 11.0 Å². The molecule has 120 valence electrons. The van der Waals surface area contributed by atoms with E-state index in [1.807, 2.05) is 0 Å². The molecule has 1 aliphatic carbocycles. The van der Waals surface area contributed by atoms with Crippen LogP contribution in [0.2, 0.25) is 0 Å².